The molecule has 0 radical (unpaired) electrons. The lowest BCUT2D eigenvalue weighted by atomic mass is 10.1. The molecular weight excluding hydrogens is 322 g/mol. The zero-order chi connectivity index (χ0) is 18.1. The van der Waals surface area contributed by atoms with Crippen LogP contribution in [-0.4, -0.2) is 35.5 Å². The third kappa shape index (κ3) is 3.25. The average molecular weight is 347 g/mol. The molecule has 134 valence electrons. The van der Waals surface area contributed by atoms with Crippen LogP contribution in [0.2, 0.25) is 0 Å². The van der Waals surface area contributed by atoms with Gasteiger partial charge in [0.05, 0.1) is 0 Å². The van der Waals surface area contributed by atoms with Gasteiger partial charge in [-0.3, -0.25) is 4.79 Å². The van der Waals surface area contributed by atoms with Crippen LogP contribution in [0, 0.1) is 6.92 Å². The van der Waals surface area contributed by atoms with Crippen LogP contribution in [0.3, 0.4) is 0 Å². The van der Waals surface area contributed by atoms with Crippen molar-refractivity contribution in [3.63, 3.8) is 0 Å². The summed E-state index contributed by atoms with van der Waals surface area (Å²) < 4.78 is 2.22. The first-order valence-corrected chi connectivity index (χ1v) is 9.26. The van der Waals surface area contributed by atoms with Crippen LogP contribution in [0.5, 0.6) is 0 Å². The molecule has 0 spiro atoms. The van der Waals surface area contributed by atoms with Crippen LogP contribution < -0.4 is 5.32 Å². The smallest absolute Gasteiger partial charge is 0.244 e. The maximum atomic E-state index is 12.7. The van der Waals surface area contributed by atoms with Crippen LogP contribution in [-0.2, 0) is 24.2 Å². The van der Waals surface area contributed by atoms with Gasteiger partial charge >= 0.3 is 0 Å². The van der Waals surface area contributed by atoms with Gasteiger partial charge in [-0.25, -0.2) is 0 Å². The van der Waals surface area contributed by atoms with E-state index >= 15 is 0 Å². The van der Waals surface area contributed by atoms with Crippen LogP contribution >= 0.6 is 0 Å². The molecule has 0 fully saturated rings. The molecule has 1 amide bonds. The Hall–Kier alpha value is -2.59. The number of aromatic nitrogens is 1. The summed E-state index contributed by atoms with van der Waals surface area (Å²) in [6, 6.07) is 16.2. The van der Waals surface area contributed by atoms with Gasteiger partial charge in [-0.05, 0) is 50.2 Å². The summed E-state index contributed by atoms with van der Waals surface area (Å²) in [6.45, 7) is 4.58. The number of likely N-dealkylation sites (N-methyl/N-ethyl adjacent to an activating group) is 1. The number of aryl methyl sites for hydroxylation is 1. The van der Waals surface area contributed by atoms with Gasteiger partial charge in [0.1, 0.15) is 6.54 Å². The van der Waals surface area contributed by atoms with E-state index in [1.165, 1.54) is 27.7 Å². The standard InChI is InChI=1S/C22H25N3O/c1-16-8-9-20-19(14-16)18-10-12-24(2)13-11-21(18)25(20)15-22(26)23-17-6-4-3-5-7-17/h3-9,14H,10-13,15H2,1-2H3,(H,23,26). The number of hydrogen-bond acceptors (Lipinski definition) is 2. The fourth-order valence-corrected chi connectivity index (χ4v) is 3.91. The van der Waals surface area contributed by atoms with Gasteiger partial charge in [0.25, 0.3) is 0 Å². The molecule has 4 heteroatoms. The molecule has 0 saturated heterocycles. The molecule has 4 nitrogen and oxygen atoms in total. The highest BCUT2D eigenvalue weighted by Gasteiger charge is 2.21. The Bertz CT molecular complexity index is 943. The van der Waals surface area contributed by atoms with E-state index in [1.54, 1.807) is 0 Å². The molecule has 1 aliphatic heterocycles. The van der Waals surface area contributed by atoms with Crippen molar-refractivity contribution >= 4 is 22.5 Å². The molecule has 0 aliphatic carbocycles. The van der Waals surface area contributed by atoms with Crippen molar-refractivity contribution in [1.29, 1.82) is 0 Å². The summed E-state index contributed by atoms with van der Waals surface area (Å²) in [4.78, 5) is 15.1. The number of fused-ring (bicyclic) bond motifs is 3. The third-order valence-corrected chi connectivity index (χ3v) is 5.28. The first-order chi connectivity index (χ1) is 12.6. The van der Waals surface area contributed by atoms with E-state index in [0.29, 0.717) is 6.54 Å². The summed E-state index contributed by atoms with van der Waals surface area (Å²) in [5.41, 5.74) is 6.02. The quantitative estimate of drug-likeness (QED) is 0.786. The lowest BCUT2D eigenvalue weighted by Gasteiger charge is -2.14. The van der Waals surface area contributed by atoms with Gasteiger partial charge in [0, 0.05) is 41.8 Å². The molecule has 4 rings (SSSR count). The first-order valence-electron chi connectivity index (χ1n) is 9.26. The number of carbonyl (C=O) groups excluding carboxylic acids is 1. The number of benzene rings is 2. The Morgan fingerprint density at radius 2 is 1.85 bits per heavy atom. The fourth-order valence-electron chi connectivity index (χ4n) is 3.91. The van der Waals surface area contributed by atoms with E-state index in [2.05, 4.69) is 47.0 Å². The summed E-state index contributed by atoms with van der Waals surface area (Å²) in [7, 11) is 2.17. The predicted molar refractivity (Wildman–Crippen MR) is 107 cm³/mol. The van der Waals surface area contributed by atoms with E-state index in [1.807, 2.05) is 30.3 Å². The average Bonchev–Trinajstić information content (AvgIpc) is 2.76. The summed E-state index contributed by atoms with van der Waals surface area (Å²) in [5, 5.41) is 4.33. The van der Waals surface area contributed by atoms with Crippen molar-refractivity contribution in [2.75, 3.05) is 25.5 Å². The zero-order valence-corrected chi connectivity index (χ0v) is 15.5. The second kappa shape index (κ2) is 6.96. The molecule has 0 atom stereocenters. The maximum absolute atomic E-state index is 12.7. The second-order valence-electron chi connectivity index (χ2n) is 7.25. The van der Waals surface area contributed by atoms with E-state index < -0.39 is 0 Å². The first kappa shape index (κ1) is 16.9. The van der Waals surface area contributed by atoms with Crippen molar-refractivity contribution in [2.24, 2.45) is 0 Å². The normalized spacial score (nSPS) is 14.8. The molecule has 2 aromatic carbocycles. The Balaban J connectivity index is 1.71. The minimum Gasteiger partial charge on any atom is -0.335 e. The van der Waals surface area contributed by atoms with E-state index in [9.17, 15) is 4.79 Å². The zero-order valence-electron chi connectivity index (χ0n) is 15.5. The van der Waals surface area contributed by atoms with Crippen molar-refractivity contribution < 1.29 is 4.79 Å². The minimum atomic E-state index is 0.0223. The van der Waals surface area contributed by atoms with E-state index in [-0.39, 0.29) is 5.91 Å². The fraction of sp³-hybridized carbons (Fsp3) is 0.318. The second-order valence-corrected chi connectivity index (χ2v) is 7.25. The van der Waals surface area contributed by atoms with Gasteiger partial charge in [-0.2, -0.15) is 0 Å². The largest absolute Gasteiger partial charge is 0.335 e. The van der Waals surface area contributed by atoms with E-state index in [0.717, 1.165) is 31.6 Å². The summed E-state index contributed by atoms with van der Waals surface area (Å²) >= 11 is 0. The van der Waals surface area contributed by atoms with Gasteiger partial charge < -0.3 is 14.8 Å². The van der Waals surface area contributed by atoms with Crippen LogP contribution in [0.25, 0.3) is 10.9 Å². The SMILES string of the molecule is Cc1ccc2c(c1)c1c(n2CC(=O)Nc2ccccc2)CCN(C)CC1. The number of amides is 1. The predicted octanol–water partition coefficient (Wildman–Crippen LogP) is 3.62. The van der Waals surface area contributed by atoms with Gasteiger partial charge in [0.15, 0.2) is 0 Å². The molecule has 0 saturated carbocycles. The molecule has 1 aromatic heterocycles. The Morgan fingerprint density at radius 1 is 1.08 bits per heavy atom. The maximum Gasteiger partial charge on any atom is 0.244 e. The van der Waals surface area contributed by atoms with Gasteiger partial charge in [-0.1, -0.05) is 29.8 Å². The molecule has 0 bridgehead atoms. The van der Waals surface area contributed by atoms with Crippen LogP contribution in [0.4, 0.5) is 5.69 Å². The number of rotatable bonds is 3. The van der Waals surface area contributed by atoms with Gasteiger partial charge in [0.2, 0.25) is 5.91 Å². The highest BCUT2D eigenvalue weighted by Crippen LogP contribution is 2.30. The number of nitrogens with zero attached hydrogens (tertiary/aromatic N) is 2. The Labute approximate surface area is 154 Å². The number of anilines is 1. The number of carbonyl (C=O) groups is 1. The molecule has 1 N–H and O–H groups in total. The Morgan fingerprint density at radius 3 is 2.65 bits per heavy atom. The number of hydrogen-bond donors (Lipinski definition) is 1. The van der Waals surface area contributed by atoms with Crippen LogP contribution in [0.1, 0.15) is 16.8 Å². The van der Waals surface area contributed by atoms with Crippen molar-refractivity contribution in [3.8, 4) is 0 Å². The van der Waals surface area contributed by atoms with Crippen LogP contribution in [0.15, 0.2) is 48.5 Å². The minimum absolute atomic E-state index is 0.0223. The van der Waals surface area contributed by atoms with Gasteiger partial charge in [-0.15, -0.1) is 0 Å². The highest BCUT2D eigenvalue weighted by atomic mass is 16.1. The van der Waals surface area contributed by atoms with E-state index in [4.69, 9.17) is 0 Å². The molecule has 0 unspecified atom stereocenters. The Kier molecular flexibility index (Phi) is 4.51. The molecule has 1 aliphatic rings. The molecule has 2 heterocycles. The molecule has 26 heavy (non-hydrogen) atoms. The highest BCUT2D eigenvalue weighted by molar-refractivity contribution is 5.93. The number of nitrogens with one attached hydrogen (secondary N) is 1. The summed E-state index contributed by atoms with van der Waals surface area (Å²) in [5.74, 6) is 0.0223. The van der Waals surface area contributed by atoms with Crippen molar-refractivity contribution in [1.82, 2.24) is 9.47 Å². The lowest BCUT2D eigenvalue weighted by Crippen LogP contribution is -2.23. The van der Waals surface area contributed by atoms with Crippen molar-refractivity contribution in [3.05, 3.63) is 65.4 Å². The third-order valence-electron chi connectivity index (χ3n) is 5.28. The number of para-hydroxylation sites is 1. The molecule has 3 aromatic rings. The topological polar surface area (TPSA) is 37.3 Å². The monoisotopic (exact) mass is 347 g/mol. The van der Waals surface area contributed by atoms with Crippen molar-refractivity contribution in [2.45, 2.75) is 26.3 Å². The molecular formula is C22H25N3O. The summed E-state index contributed by atoms with van der Waals surface area (Å²) in [6.07, 6.45) is 2.03. The lowest BCUT2D eigenvalue weighted by molar-refractivity contribution is -0.116.